The van der Waals surface area contributed by atoms with Crippen molar-refractivity contribution in [1.82, 2.24) is 15.2 Å². The monoisotopic (exact) mass is 269 g/mol. The van der Waals surface area contributed by atoms with Crippen LogP contribution in [0.1, 0.15) is 18.2 Å². The average Bonchev–Trinajstić information content (AvgIpc) is 2.44. The highest BCUT2D eigenvalue weighted by molar-refractivity contribution is 5.85. The van der Waals surface area contributed by atoms with Crippen molar-refractivity contribution >= 4 is 18.1 Å². The van der Waals surface area contributed by atoms with Gasteiger partial charge in [0.1, 0.15) is 5.69 Å². The van der Waals surface area contributed by atoms with E-state index in [1.807, 2.05) is 43.3 Å². The number of hydrogen-bond acceptors (Lipinski definition) is 5. The summed E-state index contributed by atoms with van der Waals surface area (Å²) in [6.45, 7) is 3.67. The number of nitrogens with one attached hydrogen (secondary N) is 2. The fourth-order valence-corrected chi connectivity index (χ4v) is 1.54. The minimum Gasteiger partial charge on any atom is -0.260 e. The van der Waals surface area contributed by atoms with Crippen molar-refractivity contribution in [1.29, 1.82) is 0 Å². The molecule has 1 aromatic carbocycles. The van der Waals surface area contributed by atoms with Crippen molar-refractivity contribution in [2.45, 2.75) is 13.8 Å². The van der Waals surface area contributed by atoms with Crippen molar-refractivity contribution in [3.63, 3.8) is 0 Å². The van der Waals surface area contributed by atoms with Gasteiger partial charge in [-0.25, -0.2) is 9.89 Å². The molecule has 0 radical (unpaired) electrons. The summed E-state index contributed by atoms with van der Waals surface area (Å²) in [5.74, 6) is 0.345. The molecule has 6 nitrogen and oxygen atoms in total. The van der Waals surface area contributed by atoms with Gasteiger partial charge in [-0.3, -0.25) is 5.43 Å². The highest BCUT2D eigenvalue weighted by Gasteiger charge is 1.99. The fraction of sp³-hybridized carbons (Fsp3) is 0.143. The molecule has 2 aromatic rings. The third-order valence-corrected chi connectivity index (χ3v) is 2.51. The Hall–Kier alpha value is -2.76. The molecule has 6 heteroatoms. The lowest BCUT2D eigenvalue weighted by Crippen LogP contribution is -2.15. The second-order valence-electron chi connectivity index (χ2n) is 4.24. The summed E-state index contributed by atoms with van der Waals surface area (Å²) in [5, 5.41) is 10.1. The lowest BCUT2D eigenvalue weighted by Gasteiger charge is -2.00. The Labute approximate surface area is 116 Å². The average molecular weight is 269 g/mol. The number of aromatic amines is 1. The van der Waals surface area contributed by atoms with Gasteiger partial charge in [0.2, 0.25) is 0 Å². The molecule has 20 heavy (non-hydrogen) atoms. The number of aromatic nitrogens is 3. The Kier molecular flexibility index (Phi) is 4.39. The number of anilines is 1. The molecular formula is C14H15N5O. The van der Waals surface area contributed by atoms with E-state index in [2.05, 4.69) is 25.7 Å². The van der Waals surface area contributed by atoms with Gasteiger partial charge in [0, 0.05) is 0 Å². The highest BCUT2D eigenvalue weighted by atomic mass is 16.1. The zero-order chi connectivity index (χ0) is 14.4. The van der Waals surface area contributed by atoms with Crippen molar-refractivity contribution in [2.75, 3.05) is 5.43 Å². The van der Waals surface area contributed by atoms with Crippen LogP contribution < -0.4 is 11.1 Å². The van der Waals surface area contributed by atoms with Crippen LogP contribution in [0.5, 0.6) is 0 Å². The number of benzene rings is 1. The fourth-order valence-electron chi connectivity index (χ4n) is 1.54. The second-order valence-corrected chi connectivity index (χ2v) is 4.24. The molecule has 1 aromatic heterocycles. The summed E-state index contributed by atoms with van der Waals surface area (Å²) in [4.78, 5) is 14.8. The van der Waals surface area contributed by atoms with Crippen molar-refractivity contribution in [3.8, 4) is 0 Å². The van der Waals surface area contributed by atoms with Gasteiger partial charge in [0.05, 0.1) is 6.21 Å². The van der Waals surface area contributed by atoms with Crippen LogP contribution in [0.4, 0.5) is 5.82 Å². The van der Waals surface area contributed by atoms with E-state index in [0.29, 0.717) is 11.5 Å². The highest BCUT2D eigenvalue weighted by Crippen LogP contribution is 2.05. The number of hydrazone groups is 1. The van der Waals surface area contributed by atoms with Gasteiger partial charge in [-0.1, -0.05) is 36.4 Å². The molecule has 1 heterocycles. The first-order valence-corrected chi connectivity index (χ1v) is 6.11. The summed E-state index contributed by atoms with van der Waals surface area (Å²) < 4.78 is 0. The van der Waals surface area contributed by atoms with Crippen molar-refractivity contribution in [2.24, 2.45) is 5.10 Å². The Balaban J connectivity index is 2.05. The SMILES string of the molecule is CC(/C=N/Nc1nc(=O)[nH]nc1C)=C\c1ccccc1. The first-order valence-electron chi connectivity index (χ1n) is 6.11. The maximum absolute atomic E-state index is 11.0. The van der Waals surface area contributed by atoms with E-state index in [-0.39, 0.29) is 0 Å². The Morgan fingerprint density at radius 3 is 2.85 bits per heavy atom. The largest absolute Gasteiger partial charge is 0.363 e. The third-order valence-electron chi connectivity index (χ3n) is 2.51. The first kappa shape index (κ1) is 13.7. The molecule has 0 saturated heterocycles. The molecule has 0 unspecified atom stereocenters. The van der Waals surface area contributed by atoms with Crippen LogP contribution in [0.2, 0.25) is 0 Å². The maximum atomic E-state index is 11.0. The lowest BCUT2D eigenvalue weighted by molar-refractivity contribution is 0.879. The van der Waals surface area contributed by atoms with Crippen LogP contribution in [-0.4, -0.2) is 21.4 Å². The summed E-state index contributed by atoms with van der Waals surface area (Å²) in [6.07, 6.45) is 3.66. The molecule has 0 amide bonds. The second kappa shape index (κ2) is 6.42. The van der Waals surface area contributed by atoms with Gasteiger partial charge < -0.3 is 0 Å². The predicted octanol–water partition coefficient (Wildman–Crippen LogP) is 1.97. The van der Waals surface area contributed by atoms with E-state index in [9.17, 15) is 4.79 Å². The molecule has 0 aliphatic heterocycles. The molecular weight excluding hydrogens is 254 g/mol. The quantitative estimate of drug-likeness (QED) is 0.656. The van der Waals surface area contributed by atoms with E-state index in [4.69, 9.17) is 0 Å². The number of hydrogen-bond donors (Lipinski definition) is 2. The number of H-pyrrole nitrogens is 1. The Morgan fingerprint density at radius 1 is 1.35 bits per heavy atom. The molecule has 0 aliphatic rings. The summed E-state index contributed by atoms with van der Waals surface area (Å²) in [6, 6.07) is 9.94. The Bertz CT molecular complexity index is 688. The van der Waals surface area contributed by atoms with Gasteiger partial charge in [-0.15, -0.1) is 0 Å². The van der Waals surface area contributed by atoms with E-state index in [0.717, 1.165) is 11.1 Å². The number of rotatable bonds is 4. The molecule has 0 spiro atoms. The molecule has 2 N–H and O–H groups in total. The van der Waals surface area contributed by atoms with Crippen LogP contribution in [0, 0.1) is 6.92 Å². The normalized spacial score (nSPS) is 11.8. The smallest absolute Gasteiger partial charge is 0.260 e. The predicted molar refractivity (Wildman–Crippen MR) is 79.6 cm³/mol. The van der Waals surface area contributed by atoms with E-state index >= 15 is 0 Å². The van der Waals surface area contributed by atoms with Gasteiger partial charge in [0.25, 0.3) is 0 Å². The van der Waals surface area contributed by atoms with E-state index in [1.165, 1.54) is 0 Å². The van der Waals surface area contributed by atoms with Crippen molar-refractivity contribution < 1.29 is 0 Å². The molecule has 0 bridgehead atoms. The first-order chi connectivity index (χ1) is 9.65. The third kappa shape index (κ3) is 3.88. The minimum absolute atomic E-state index is 0.345. The van der Waals surface area contributed by atoms with E-state index < -0.39 is 5.69 Å². The maximum Gasteiger partial charge on any atom is 0.363 e. The van der Waals surface area contributed by atoms with Crippen LogP contribution in [-0.2, 0) is 0 Å². The van der Waals surface area contributed by atoms with E-state index in [1.54, 1.807) is 13.1 Å². The number of nitrogens with zero attached hydrogens (tertiary/aromatic N) is 3. The van der Waals surface area contributed by atoms with Crippen LogP contribution >= 0.6 is 0 Å². The number of aryl methyl sites for hydroxylation is 1. The molecule has 0 fully saturated rings. The van der Waals surface area contributed by atoms with Gasteiger partial charge in [-0.05, 0) is 25.0 Å². The van der Waals surface area contributed by atoms with Crippen LogP contribution in [0.25, 0.3) is 6.08 Å². The molecule has 102 valence electrons. The standard InChI is InChI=1S/C14H15N5O/c1-10(8-12-6-4-3-5-7-12)9-15-18-13-11(2)17-19-14(20)16-13/h3-9H,1-2H3,(H2,16,18,19,20)/b10-8+,15-9+. The summed E-state index contributed by atoms with van der Waals surface area (Å²) >= 11 is 0. The molecule has 0 atom stereocenters. The molecule has 2 rings (SSSR count). The molecule has 0 aliphatic carbocycles. The number of allylic oxidation sites excluding steroid dienone is 1. The lowest BCUT2D eigenvalue weighted by atomic mass is 10.1. The van der Waals surface area contributed by atoms with Gasteiger partial charge in [-0.2, -0.15) is 15.2 Å². The summed E-state index contributed by atoms with van der Waals surface area (Å²) in [7, 11) is 0. The van der Waals surface area contributed by atoms with Crippen LogP contribution in [0.3, 0.4) is 0 Å². The Morgan fingerprint density at radius 2 is 2.10 bits per heavy atom. The van der Waals surface area contributed by atoms with Gasteiger partial charge in [0.15, 0.2) is 5.82 Å². The zero-order valence-electron chi connectivity index (χ0n) is 11.3. The minimum atomic E-state index is -0.509. The zero-order valence-corrected chi connectivity index (χ0v) is 11.3. The topological polar surface area (TPSA) is 83.0 Å². The molecule has 0 saturated carbocycles. The van der Waals surface area contributed by atoms with Crippen molar-refractivity contribution in [3.05, 3.63) is 57.6 Å². The van der Waals surface area contributed by atoms with Crippen LogP contribution in [0.15, 0.2) is 45.8 Å². The van der Waals surface area contributed by atoms with Gasteiger partial charge >= 0.3 is 5.69 Å². The summed E-state index contributed by atoms with van der Waals surface area (Å²) in [5.41, 5.74) is 4.84.